The van der Waals surface area contributed by atoms with Crippen LogP contribution in [0, 0.1) is 5.92 Å². The molecule has 11 amide bonds. The normalized spacial score (nSPS) is 15.4. The van der Waals surface area contributed by atoms with Gasteiger partial charge in [-0.05, 0) is 146 Å². The summed E-state index contributed by atoms with van der Waals surface area (Å²) in [6.45, 7) is 5.62. The number of aliphatic imine (C=N–C) groups is 1. The van der Waals surface area contributed by atoms with Crippen molar-refractivity contribution in [2.45, 2.75) is 165 Å². The molecule has 0 aliphatic carbocycles. The molecule has 1 aromatic heterocycles. The number of benzene rings is 4. The number of nitrogens with one attached hydrogen (secondary N) is 9. The fraction of sp³-hybridized carbons (Fsp3) is 0.449. The molecule has 0 saturated carbocycles. The van der Waals surface area contributed by atoms with Crippen LogP contribution in [0.3, 0.4) is 0 Å². The minimum atomic E-state index is -1.81. The van der Waals surface area contributed by atoms with E-state index >= 15 is 0 Å². The molecule has 31 heteroatoms. The number of aliphatic hydroxyl groups is 1. The number of nitrogens with two attached hydrogens (primary N) is 4. The largest absolute Gasteiger partial charge is 0.508 e. The Balaban J connectivity index is 1.26. The lowest BCUT2D eigenvalue weighted by molar-refractivity contribution is -0.142. The van der Waals surface area contributed by atoms with E-state index in [9.17, 15) is 63.0 Å². The number of likely N-dealkylation sites (tertiary alicyclic amines) is 1. The number of aliphatic hydroxyl groups excluding tert-OH is 1. The predicted octanol–water partition coefficient (Wildman–Crippen LogP) is 1.28. The van der Waals surface area contributed by atoms with Crippen LogP contribution >= 0.6 is 34.5 Å². The Bertz CT molecular complexity index is 3670. The summed E-state index contributed by atoms with van der Waals surface area (Å²) < 4.78 is 0.854. The van der Waals surface area contributed by atoms with E-state index in [-0.39, 0.29) is 101 Å². The van der Waals surface area contributed by atoms with Crippen molar-refractivity contribution in [1.29, 1.82) is 0 Å². The number of hydrogen-bond acceptors (Lipinski definition) is 16. The first kappa shape index (κ1) is 79.6. The average molecular weight is 1440 g/mol. The van der Waals surface area contributed by atoms with E-state index in [1.807, 2.05) is 18.2 Å². The van der Waals surface area contributed by atoms with Gasteiger partial charge in [-0.1, -0.05) is 91.6 Å². The monoisotopic (exact) mass is 1440 g/mol. The van der Waals surface area contributed by atoms with E-state index in [2.05, 4.69) is 52.8 Å². The molecule has 10 atom stereocenters. The molecule has 19 N–H and O–H groups in total. The van der Waals surface area contributed by atoms with Gasteiger partial charge in [-0.3, -0.25) is 57.7 Å². The molecular formula is C69H91Cl2N15O13S. The van der Waals surface area contributed by atoms with Gasteiger partial charge in [-0.15, -0.1) is 11.3 Å². The molecule has 1 aliphatic rings. The highest BCUT2D eigenvalue weighted by Crippen LogP contribution is 2.27. The number of primary amides is 1. The Kier molecular flexibility index (Phi) is 31.3. The second-order valence-corrected chi connectivity index (χ2v) is 26.8. The van der Waals surface area contributed by atoms with Crippen molar-refractivity contribution in [1.82, 2.24) is 52.8 Å². The predicted molar refractivity (Wildman–Crippen MR) is 380 cm³/mol. The van der Waals surface area contributed by atoms with Crippen LogP contribution in [0.25, 0.3) is 10.1 Å². The molecule has 2 heterocycles. The standard InChI is InChI=1S/C69H91Cl2N15O13S/c1-38(2)31-51(61(92)80-50(13-9-29-76-69(74)75)68(99)86-30-10-14-57(86)67(98)77-39(3)59(73)90)81-60(91)49(12-7-8-28-72)79-63(94)53(34-43-20-26-47(89)27-21-43)83-66(97)56(36-87)85-65(96)55(35-44-37-100-58-15-6-5-11-48(44)58)84-64(95)54(33-42-18-24-46(71)25-19-42)82-62(93)52(78-40(4)88)32-41-16-22-45(70)23-17-41/h5-6,11,15-27,37-39,49-57,87,89H,7-10,12-14,28-36,72H2,1-4H3,(H2,73,90)(H,77,98)(H,78,88)(H,79,94)(H,80,92)(H,81,91)(H,82,93)(H,83,97)(H,84,95)(H,85,96)(H4,74,75,76)/t39-,49-,50+,51+,52-,53+,54-,55-,56+,57+/m1/s1. The van der Waals surface area contributed by atoms with Crippen LogP contribution in [0.1, 0.15) is 101 Å². The molecule has 0 spiro atoms. The molecule has 540 valence electrons. The van der Waals surface area contributed by atoms with Gasteiger partial charge in [0.2, 0.25) is 65.0 Å². The molecular weight excluding hydrogens is 1350 g/mol. The number of thiophene rings is 1. The van der Waals surface area contributed by atoms with Crippen LogP contribution in [-0.2, 0) is 78.4 Å². The zero-order chi connectivity index (χ0) is 73.2. The first-order valence-electron chi connectivity index (χ1n) is 33.0. The third-order valence-electron chi connectivity index (χ3n) is 16.6. The lowest BCUT2D eigenvalue weighted by atomic mass is 10.00. The van der Waals surface area contributed by atoms with Crippen LogP contribution in [0.15, 0.2) is 107 Å². The van der Waals surface area contributed by atoms with Crippen molar-refractivity contribution in [3.05, 3.63) is 135 Å². The topological polar surface area (TPSA) is 456 Å². The molecule has 0 radical (unpaired) electrons. The molecule has 0 bridgehead atoms. The van der Waals surface area contributed by atoms with Gasteiger partial charge >= 0.3 is 0 Å². The number of fused-ring (bicyclic) bond motifs is 1. The number of amides is 11. The lowest BCUT2D eigenvalue weighted by Gasteiger charge is -2.31. The summed E-state index contributed by atoms with van der Waals surface area (Å²) in [7, 11) is 0. The third kappa shape index (κ3) is 25.1. The molecule has 1 aliphatic heterocycles. The van der Waals surface area contributed by atoms with Gasteiger partial charge in [0.05, 0.1) is 6.61 Å². The summed E-state index contributed by atoms with van der Waals surface area (Å²) in [4.78, 5) is 160. The number of rotatable bonds is 38. The molecule has 1 fully saturated rings. The zero-order valence-electron chi connectivity index (χ0n) is 56.2. The maximum absolute atomic E-state index is 14.9. The number of carbonyl (C=O) groups is 11. The Morgan fingerprint density at radius 1 is 0.570 bits per heavy atom. The summed E-state index contributed by atoms with van der Waals surface area (Å²) in [5, 5.41) is 48.7. The molecule has 4 aromatic carbocycles. The van der Waals surface area contributed by atoms with Crippen molar-refractivity contribution in [3.63, 3.8) is 0 Å². The van der Waals surface area contributed by atoms with Crippen LogP contribution < -0.4 is 70.8 Å². The number of halogens is 2. The minimum absolute atomic E-state index is 0.00658. The van der Waals surface area contributed by atoms with Gasteiger partial charge in [-0.2, -0.15) is 0 Å². The first-order chi connectivity index (χ1) is 47.6. The number of phenols is 1. The second kappa shape index (κ2) is 39.4. The summed E-state index contributed by atoms with van der Waals surface area (Å²) in [6, 6.07) is 12.6. The molecule has 100 heavy (non-hydrogen) atoms. The van der Waals surface area contributed by atoms with Crippen LogP contribution in [0.5, 0.6) is 5.75 Å². The van der Waals surface area contributed by atoms with Gasteiger partial charge in [0.15, 0.2) is 5.96 Å². The number of hydrogen-bond donors (Lipinski definition) is 15. The molecule has 0 unspecified atom stereocenters. The molecule has 28 nitrogen and oxygen atoms in total. The molecule has 6 rings (SSSR count). The van der Waals surface area contributed by atoms with E-state index in [0.717, 1.165) is 10.1 Å². The molecule has 1 saturated heterocycles. The van der Waals surface area contributed by atoms with E-state index in [0.29, 0.717) is 45.1 Å². The third-order valence-corrected chi connectivity index (χ3v) is 18.1. The number of carbonyl (C=O) groups excluding carboxylic acids is 11. The fourth-order valence-electron chi connectivity index (χ4n) is 11.3. The van der Waals surface area contributed by atoms with Crippen molar-refractivity contribution < 1.29 is 63.0 Å². The smallest absolute Gasteiger partial charge is 0.245 e. The van der Waals surface area contributed by atoms with Gasteiger partial charge in [0.25, 0.3) is 0 Å². The van der Waals surface area contributed by atoms with Crippen molar-refractivity contribution >= 4 is 116 Å². The number of phenolic OH excluding ortho intramolecular Hbond substituents is 1. The summed E-state index contributed by atoms with van der Waals surface area (Å²) in [5.74, 6) is -9.29. The number of aromatic hydroxyl groups is 1. The van der Waals surface area contributed by atoms with Crippen LogP contribution in [0.2, 0.25) is 10.0 Å². The van der Waals surface area contributed by atoms with Gasteiger partial charge < -0.3 is 85.9 Å². The van der Waals surface area contributed by atoms with Gasteiger partial charge in [0, 0.05) is 60.4 Å². The van der Waals surface area contributed by atoms with E-state index in [1.165, 1.54) is 54.3 Å². The highest BCUT2D eigenvalue weighted by atomic mass is 35.5. The quantitative estimate of drug-likeness (QED) is 0.0150. The zero-order valence-corrected chi connectivity index (χ0v) is 58.6. The highest BCUT2D eigenvalue weighted by Gasteiger charge is 2.40. The second-order valence-electron chi connectivity index (χ2n) is 25.0. The maximum atomic E-state index is 14.9. The van der Waals surface area contributed by atoms with E-state index < -0.39 is 132 Å². The Morgan fingerprint density at radius 3 is 1.55 bits per heavy atom. The first-order valence-corrected chi connectivity index (χ1v) is 34.6. The highest BCUT2D eigenvalue weighted by molar-refractivity contribution is 7.17. The van der Waals surface area contributed by atoms with Crippen molar-refractivity contribution in [2.24, 2.45) is 33.8 Å². The molecule has 5 aromatic rings. The van der Waals surface area contributed by atoms with Crippen molar-refractivity contribution in [2.75, 3.05) is 26.2 Å². The lowest BCUT2D eigenvalue weighted by Crippen LogP contribution is -2.61. The minimum Gasteiger partial charge on any atom is -0.508 e. The van der Waals surface area contributed by atoms with Crippen LogP contribution in [0.4, 0.5) is 0 Å². The van der Waals surface area contributed by atoms with E-state index in [4.69, 9.17) is 46.1 Å². The summed E-state index contributed by atoms with van der Waals surface area (Å²) in [5.41, 5.74) is 24.6. The SMILES string of the molecule is CC(=O)N[C@H](Cc1ccc(Cl)cc1)C(=O)N[C@H](Cc1ccc(Cl)cc1)C(=O)N[C@H](Cc1csc2ccccc12)C(=O)N[C@@H](CO)C(=O)N[C@@H](Cc1ccc(O)cc1)C(=O)N[C@H](CCCCN)C(=O)N[C@@H](CC(C)C)C(=O)N[C@@H](CCCN=C(N)N)C(=O)N1CCC[C@H]1C(=O)N[C@H](C)C(N)=O. The van der Waals surface area contributed by atoms with Crippen molar-refractivity contribution in [3.8, 4) is 5.75 Å². The van der Waals surface area contributed by atoms with Crippen LogP contribution in [-0.4, -0.2) is 173 Å². The Morgan fingerprint density at radius 2 is 1.03 bits per heavy atom. The Hall–Kier alpha value is -9.42. The average Bonchev–Trinajstić information content (AvgIpc) is 1.63. The maximum Gasteiger partial charge on any atom is 0.245 e. The fourth-order valence-corrected chi connectivity index (χ4v) is 12.5. The summed E-state index contributed by atoms with van der Waals surface area (Å²) in [6.07, 6.45) is 0.970. The van der Waals surface area contributed by atoms with E-state index in [1.54, 1.807) is 73.8 Å². The number of nitrogens with zero attached hydrogens (tertiary/aromatic N) is 2. The summed E-state index contributed by atoms with van der Waals surface area (Å²) >= 11 is 13.7. The Labute approximate surface area is 594 Å². The van der Waals surface area contributed by atoms with Gasteiger partial charge in [0.1, 0.15) is 66.2 Å². The van der Waals surface area contributed by atoms with Gasteiger partial charge in [-0.25, -0.2) is 0 Å². The number of guanidine groups is 1. The number of unbranched alkanes of at least 4 members (excludes halogenated alkanes) is 1.